The lowest BCUT2D eigenvalue weighted by Gasteiger charge is -2.25. The predicted molar refractivity (Wildman–Crippen MR) is 130 cm³/mol. The molecule has 0 aliphatic carbocycles. The fourth-order valence-electron chi connectivity index (χ4n) is 4.47. The van der Waals surface area contributed by atoms with Crippen molar-refractivity contribution in [2.75, 3.05) is 12.0 Å². The third-order valence-electron chi connectivity index (χ3n) is 5.93. The summed E-state index contributed by atoms with van der Waals surface area (Å²) >= 11 is 6.34. The van der Waals surface area contributed by atoms with Crippen molar-refractivity contribution in [1.82, 2.24) is 0 Å². The number of ketones is 1. The molecule has 1 N–H and O–H groups in total. The number of methoxy groups -OCH3 is 1. The lowest BCUT2D eigenvalue weighted by Crippen LogP contribution is -2.29. The van der Waals surface area contributed by atoms with E-state index in [0.717, 1.165) is 16.3 Å². The number of carbonyl (C=O) groups is 2. The van der Waals surface area contributed by atoms with Crippen molar-refractivity contribution in [3.63, 3.8) is 0 Å². The first kappa shape index (κ1) is 21.8. The average molecular weight is 474 g/mol. The molecule has 1 saturated heterocycles. The number of halogens is 1. The molecule has 1 atom stereocenters. The highest BCUT2D eigenvalue weighted by molar-refractivity contribution is 6.52. The Morgan fingerprint density at radius 2 is 1.82 bits per heavy atom. The van der Waals surface area contributed by atoms with Gasteiger partial charge in [-0.3, -0.25) is 14.5 Å². The molecule has 0 saturated carbocycles. The summed E-state index contributed by atoms with van der Waals surface area (Å²) in [5.74, 6) is -1.43. The van der Waals surface area contributed by atoms with E-state index < -0.39 is 17.7 Å². The van der Waals surface area contributed by atoms with Crippen LogP contribution in [-0.4, -0.2) is 23.9 Å². The van der Waals surface area contributed by atoms with Gasteiger partial charge in [-0.25, -0.2) is 0 Å². The monoisotopic (exact) mass is 473 g/mol. The van der Waals surface area contributed by atoms with Crippen LogP contribution in [0.5, 0.6) is 5.75 Å². The first-order valence-electron chi connectivity index (χ1n) is 10.6. The van der Waals surface area contributed by atoms with E-state index in [1.54, 1.807) is 37.3 Å². The van der Waals surface area contributed by atoms with Gasteiger partial charge in [0, 0.05) is 5.39 Å². The molecule has 1 aliphatic heterocycles. The Balaban J connectivity index is 1.80. The Morgan fingerprint density at radius 1 is 1.06 bits per heavy atom. The van der Waals surface area contributed by atoms with Crippen molar-refractivity contribution in [1.29, 1.82) is 0 Å². The summed E-state index contributed by atoms with van der Waals surface area (Å²) in [4.78, 5) is 28.2. The van der Waals surface area contributed by atoms with Crippen molar-refractivity contribution in [3.8, 4) is 5.75 Å². The fourth-order valence-corrected chi connectivity index (χ4v) is 4.82. The highest BCUT2D eigenvalue weighted by Gasteiger charge is 2.49. The number of fused-ring (bicyclic) bond motifs is 1. The molecule has 170 valence electrons. The molecular formula is C27H20ClNO5. The molecule has 3 aromatic carbocycles. The van der Waals surface area contributed by atoms with Crippen molar-refractivity contribution >= 4 is 45.5 Å². The standard InChI is InChI=1S/C27H20ClNO5/c1-15-13-18(26(33-2)19(28)14-15)24(30)22-23(21-11-6-12-34-21)29(27(32)25(22)31)20-10-5-8-16-7-3-4-9-17(16)20/h3-14,23,30H,1-2H3/b24-22-. The highest BCUT2D eigenvalue weighted by Crippen LogP contribution is 2.46. The van der Waals surface area contributed by atoms with Crippen LogP contribution in [0.1, 0.15) is 22.9 Å². The molecule has 34 heavy (non-hydrogen) atoms. The summed E-state index contributed by atoms with van der Waals surface area (Å²) in [5.41, 5.74) is 1.41. The topological polar surface area (TPSA) is 80.0 Å². The van der Waals surface area contributed by atoms with Gasteiger partial charge in [-0.05, 0) is 48.2 Å². The number of benzene rings is 3. The zero-order valence-electron chi connectivity index (χ0n) is 18.4. The van der Waals surface area contributed by atoms with Crippen molar-refractivity contribution in [2.24, 2.45) is 0 Å². The first-order valence-corrected chi connectivity index (χ1v) is 11.0. The zero-order chi connectivity index (χ0) is 24.0. The minimum Gasteiger partial charge on any atom is -0.507 e. The zero-order valence-corrected chi connectivity index (χ0v) is 19.2. The molecule has 4 aromatic rings. The number of hydrogen-bond donors (Lipinski definition) is 1. The Labute approximate surface area is 200 Å². The summed E-state index contributed by atoms with van der Waals surface area (Å²) in [6.07, 6.45) is 1.46. The van der Waals surface area contributed by atoms with Gasteiger partial charge in [0.05, 0.1) is 35.2 Å². The number of aryl methyl sites for hydroxylation is 1. The largest absolute Gasteiger partial charge is 0.507 e. The molecule has 5 rings (SSSR count). The molecule has 1 fully saturated rings. The van der Waals surface area contributed by atoms with E-state index in [9.17, 15) is 14.7 Å². The number of aliphatic hydroxyl groups is 1. The molecule has 7 heteroatoms. The summed E-state index contributed by atoms with van der Waals surface area (Å²) in [6, 6.07) is 18.8. The summed E-state index contributed by atoms with van der Waals surface area (Å²) in [6.45, 7) is 1.81. The van der Waals surface area contributed by atoms with E-state index in [4.69, 9.17) is 20.8 Å². The average Bonchev–Trinajstić information content (AvgIpc) is 3.45. The molecule has 0 spiro atoms. The van der Waals surface area contributed by atoms with Crippen LogP contribution in [0.3, 0.4) is 0 Å². The van der Waals surface area contributed by atoms with Gasteiger partial charge in [0.25, 0.3) is 11.7 Å². The van der Waals surface area contributed by atoms with Crippen molar-refractivity contribution < 1.29 is 23.8 Å². The Kier molecular flexibility index (Phi) is 5.38. The van der Waals surface area contributed by atoms with E-state index in [1.807, 2.05) is 36.4 Å². The van der Waals surface area contributed by atoms with Gasteiger partial charge in [0.1, 0.15) is 23.3 Å². The van der Waals surface area contributed by atoms with Gasteiger partial charge in [-0.15, -0.1) is 0 Å². The SMILES string of the molecule is COc1c(Cl)cc(C)cc1/C(O)=C1/C(=O)C(=O)N(c2cccc3ccccc23)C1c1ccco1. The number of Topliss-reactive ketones (excluding diaryl/α,β-unsaturated/α-hetero) is 1. The minimum atomic E-state index is -0.982. The van der Waals surface area contributed by atoms with Gasteiger partial charge in [-0.1, -0.05) is 48.0 Å². The van der Waals surface area contributed by atoms with Crippen LogP contribution in [-0.2, 0) is 9.59 Å². The molecule has 1 unspecified atom stereocenters. The van der Waals surface area contributed by atoms with Crippen molar-refractivity contribution in [2.45, 2.75) is 13.0 Å². The van der Waals surface area contributed by atoms with E-state index in [0.29, 0.717) is 11.4 Å². The van der Waals surface area contributed by atoms with E-state index in [1.165, 1.54) is 18.3 Å². The molecule has 0 bridgehead atoms. The van der Waals surface area contributed by atoms with Gasteiger partial charge in [0.15, 0.2) is 0 Å². The van der Waals surface area contributed by atoms with Crippen LogP contribution < -0.4 is 9.64 Å². The quantitative estimate of drug-likeness (QED) is 0.222. The third-order valence-corrected chi connectivity index (χ3v) is 6.21. The second kappa shape index (κ2) is 8.39. The van der Waals surface area contributed by atoms with Gasteiger partial charge >= 0.3 is 0 Å². The highest BCUT2D eigenvalue weighted by atomic mass is 35.5. The fraction of sp³-hybridized carbons (Fsp3) is 0.111. The van der Waals surface area contributed by atoms with Crippen LogP contribution in [0.2, 0.25) is 5.02 Å². The van der Waals surface area contributed by atoms with Gasteiger partial charge in [0.2, 0.25) is 0 Å². The Bertz CT molecular complexity index is 1470. The van der Waals surface area contributed by atoms with Crippen LogP contribution >= 0.6 is 11.6 Å². The van der Waals surface area contributed by atoms with Crippen LogP contribution in [0.15, 0.2) is 83.0 Å². The summed E-state index contributed by atoms with van der Waals surface area (Å²) in [5, 5.41) is 13.4. The normalized spacial score (nSPS) is 17.5. The molecule has 6 nitrogen and oxygen atoms in total. The number of carbonyl (C=O) groups excluding carboxylic acids is 2. The lowest BCUT2D eigenvalue weighted by atomic mass is 9.97. The van der Waals surface area contributed by atoms with Crippen LogP contribution in [0, 0.1) is 6.92 Å². The number of rotatable bonds is 4. The van der Waals surface area contributed by atoms with Crippen LogP contribution in [0.4, 0.5) is 5.69 Å². The molecule has 1 aromatic heterocycles. The molecule has 0 radical (unpaired) electrons. The molecule has 2 heterocycles. The van der Waals surface area contributed by atoms with E-state index >= 15 is 0 Å². The summed E-state index contributed by atoms with van der Waals surface area (Å²) < 4.78 is 11.1. The maximum atomic E-state index is 13.4. The second-order valence-electron chi connectivity index (χ2n) is 8.01. The molecule has 1 amide bonds. The smallest absolute Gasteiger partial charge is 0.300 e. The maximum Gasteiger partial charge on any atom is 0.300 e. The maximum absolute atomic E-state index is 13.4. The lowest BCUT2D eigenvalue weighted by molar-refractivity contribution is -0.132. The Morgan fingerprint density at radius 3 is 2.56 bits per heavy atom. The van der Waals surface area contributed by atoms with E-state index in [2.05, 4.69) is 0 Å². The second-order valence-corrected chi connectivity index (χ2v) is 8.42. The number of aliphatic hydroxyl groups excluding tert-OH is 1. The number of furan rings is 1. The molecule has 1 aliphatic rings. The first-order chi connectivity index (χ1) is 16.4. The number of hydrogen-bond acceptors (Lipinski definition) is 5. The number of ether oxygens (including phenoxy) is 1. The third kappa shape index (κ3) is 3.35. The van der Waals surface area contributed by atoms with Crippen LogP contribution in [0.25, 0.3) is 16.5 Å². The van der Waals surface area contributed by atoms with Gasteiger partial charge < -0.3 is 14.3 Å². The van der Waals surface area contributed by atoms with E-state index in [-0.39, 0.29) is 27.7 Å². The summed E-state index contributed by atoms with van der Waals surface area (Å²) in [7, 11) is 1.42. The van der Waals surface area contributed by atoms with Gasteiger partial charge in [-0.2, -0.15) is 0 Å². The Hall–Kier alpha value is -4.03. The minimum absolute atomic E-state index is 0.104. The number of nitrogens with zero attached hydrogens (tertiary/aromatic N) is 1. The number of amides is 1. The molecular weight excluding hydrogens is 454 g/mol. The number of anilines is 1. The van der Waals surface area contributed by atoms with Crippen molar-refractivity contribution in [3.05, 3.63) is 100 Å². The predicted octanol–water partition coefficient (Wildman–Crippen LogP) is 6.03.